The lowest BCUT2D eigenvalue weighted by Crippen LogP contribution is -2.19. The van der Waals surface area contributed by atoms with Gasteiger partial charge in [0.2, 0.25) is 0 Å². The molecular weight excluding hydrogens is 231 g/mol. The molecule has 2 aromatic rings. The molecule has 0 aliphatic carbocycles. The third-order valence-corrected chi connectivity index (χ3v) is 3.08. The second-order valence-electron chi connectivity index (χ2n) is 4.74. The van der Waals surface area contributed by atoms with Crippen molar-refractivity contribution in [3.63, 3.8) is 0 Å². The minimum absolute atomic E-state index is 0.0895. The molecule has 3 nitrogen and oxygen atoms in total. The lowest BCUT2D eigenvalue weighted by molar-refractivity contribution is 0.165. The number of fused-ring (bicyclic) bond motifs is 1. The number of ether oxygens (including phenoxy) is 1. The highest BCUT2D eigenvalue weighted by Crippen LogP contribution is 2.32. The van der Waals surface area contributed by atoms with Crippen LogP contribution in [-0.4, -0.2) is 11.1 Å². The Hall–Kier alpha value is -1.84. The Morgan fingerprint density at radius 2 is 2.06 bits per heavy atom. The molecule has 4 heteroatoms. The second-order valence-corrected chi connectivity index (χ2v) is 4.74. The Balaban J connectivity index is 2.56. The number of anilines is 1. The molecule has 0 saturated carbocycles. The summed E-state index contributed by atoms with van der Waals surface area (Å²) in [6, 6.07) is 4.86. The molecule has 1 atom stereocenters. The summed E-state index contributed by atoms with van der Waals surface area (Å²) >= 11 is 0. The van der Waals surface area contributed by atoms with E-state index in [1.807, 2.05) is 26.8 Å². The number of aromatic nitrogens is 1. The standard InChI is InChI=1S/C14H17FN2O/c1-8(2)9(3)18-14-11(15)7-12(16)10-5-4-6-17-13(10)14/h4-9H,16H2,1-3H3. The Bertz CT molecular complexity index is 569. The number of nitrogens with two attached hydrogens (primary N) is 1. The van der Waals surface area contributed by atoms with Crippen molar-refractivity contribution in [2.75, 3.05) is 5.73 Å². The highest BCUT2D eigenvalue weighted by Gasteiger charge is 2.17. The Labute approximate surface area is 106 Å². The van der Waals surface area contributed by atoms with Crippen LogP contribution in [0.2, 0.25) is 0 Å². The van der Waals surface area contributed by atoms with Gasteiger partial charge in [0.1, 0.15) is 5.52 Å². The lowest BCUT2D eigenvalue weighted by Gasteiger charge is -2.19. The van der Waals surface area contributed by atoms with Crippen molar-refractivity contribution in [3.8, 4) is 5.75 Å². The predicted octanol–water partition coefficient (Wildman–Crippen LogP) is 3.38. The van der Waals surface area contributed by atoms with Crippen molar-refractivity contribution < 1.29 is 9.13 Å². The predicted molar refractivity (Wildman–Crippen MR) is 71.0 cm³/mol. The van der Waals surface area contributed by atoms with Crippen LogP contribution in [0.25, 0.3) is 10.9 Å². The van der Waals surface area contributed by atoms with Gasteiger partial charge in [-0.15, -0.1) is 0 Å². The summed E-state index contributed by atoms with van der Waals surface area (Å²) in [4.78, 5) is 4.17. The first-order valence-electron chi connectivity index (χ1n) is 6.00. The molecule has 0 amide bonds. The van der Waals surface area contributed by atoms with Gasteiger partial charge < -0.3 is 10.5 Å². The quantitative estimate of drug-likeness (QED) is 0.847. The summed E-state index contributed by atoms with van der Waals surface area (Å²) < 4.78 is 19.6. The first-order chi connectivity index (χ1) is 8.50. The molecule has 0 aliphatic rings. The maximum Gasteiger partial charge on any atom is 0.181 e. The Kier molecular flexibility index (Phi) is 3.36. The van der Waals surface area contributed by atoms with E-state index in [0.29, 0.717) is 22.5 Å². The molecule has 96 valence electrons. The highest BCUT2D eigenvalue weighted by atomic mass is 19.1. The molecule has 1 unspecified atom stereocenters. The van der Waals surface area contributed by atoms with E-state index in [1.165, 1.54) is 6.07 Å². The zero-order chi connectivity index (χ0) is 13.3. The van der Waals surface area contributed by atoms with Gasteiger partial charge in [0.25, 0.3) is 0 Å². The molecule has 0 radical (unpaired) electrons. The van der Waals surface area contributed by atoms with Crippen molar-refractivity contribution in [1.82, 2.24) is 4.98 Å². The van der Waals surface area contributed by atoms with E-state index in [2.05, 4.69) is 4.98 Å². The van der Waals surface area contributed by atoms with Crippen LogP contribution in [0.3, 0.4) is 0 Å². The number of hydrogen-bond donors (Lipinski definition) is 1. The molecule has 1 aromatic heterocycles. The van der Waals surface area contributed by atoms with Gasteiger partial charge in [0.15, 0.2) is 11.6 Å². The summed E-state index contributed by atoms with van der Waals surface area (Å²) in [7, 11) is 0. The number of hydrogen-bond acceptors (Lipinski definition) is 3. The van der Waals surface area contributed by atoms with Crippen molar-refractivity contribution in [1.29, 1.82) is 0 Å². The second kappa shape index (κ2) is 4.80. The first-order valence-corrected chi connectivity index (χ1v) is 6.00. The molecule has 2 rings (SSSR count). The van der Waals surface area contributed by atoms with Crippen molar-refractivity contribution in [2.24, 2.45) is 5.92 Å². The minimum Gasteiger partial charge on any atom is -0.485 e. The number of nitrogen functional groups attached to an aromatic ring is 1. The third-order valence-electron chi connectivity index (χ3n) is 3.08. The summed E-state index contributed by atoms with van der Waals surface area (Å²) in [6.45, 7) is 5.96. The van der Waals surface area contributed by atoms with Gasteiger partial charge in [-0.25, -0.2) is 4.39 Å². The largest absolute Gasteiger partial charge is 0.485 e. The first kappa shape index (κ1) is 12.6. The monoisotopic (exact) mass is 248 g/mol. The number of halogens is 1. The van der Waals surface area contributed by atoms with Crippen LogP contribution < -0.4 is 10.5 Å². The molecule has 0 aliphatic heterocycles. The topological polar surface area (TPSA) is 48.1 Å². The molecule has 18 heavy (non-hydrogen) atoms. The van der Waals surface area contributed by atoms with Gasteiger partial charge in [-0.3, -0.25) is 4.98 Å². The zero-order valence-corrected chi connectivity index (χ0v) is 10.8. The summed E-state index contributed by atoms with van der Waals surface area (Å²) in [6.07, 6.45) is 1.52. The molecular formula is C14H17FN2O. The molecule has 1 aromatic carbocycles. The van der Waals surface area contributed by atoms with Crippen LogP contribution in [0.5, 0.6) is 5.75 Å². The maximum atomic E-state index is 14.0. The van der Waals surface area contributed by atoms with Crippen LogP contribution >= 0.6 is 0 Å². The van der Waals surface area contributed by atoms with Gasteiger partial charge in [0, 0.05) is 23.3 Å². The van der Waals surface area contributed by atoms with Gasteiger partial charge in [-0.05, 0) is 25.0 Å². The SMILES string of the molecule is CC(C)C(C)Oc1c(F)cc(N)c2cccnc12. The van der Waals surface area contributed by atoms with E-state index in [4.69, 9.17) is 10.5 Å². The van der Waals surface area contributed by atoms with E-state index >= 15 is 0 Å². The highest BCUT2D eigenvalue weighted by molar-refractivity contribution is 5.94. The fourth-order valence-electron chi connectivity index (χ4n) is 1.65. The van der Waals surface area contributed by atoms with E-state index < -0.39 is 5.82 Å². The van der Waals surface area contributed by atoms with E-state index in [1.54, 1.807) is 12.3 Å². The molecule has 0 spiro atoms. The molecule has 0 saturated heterocycles. The van der Waals surface area contributed by atoms with Crippen molar-refractivity contribution in [2.45, 2.75) is 26.9 Å². The van der Waals surface area contributed by atoms with Gasteiger partial charge in [-0.1, -0.05) is 13.8 Å². The molecule has 0 bridgehead atoms. The molecule has 2 N–H and O–H groups in total. The van der Waals surface area contributed by atoms with Crippen LogP contribution in [0.1, 0.15) is 20.8 Å². The van der Waals surface area contributed by atoms with E-state index in [0.717, 1.165) is 0 Å². The smallest absolute Gasteiger partial charge is 0.181 e. The maximum absolute atomic E-state index is 14.0. The fourth-order valence-corrected chi connectivity index (χ4v) is 1.65. The zero-order valence-electron chi connectivity index (χ0n) is 10.8. The Morgan fingerprint density at radius 3 is 2.72 bits per heavy atom. The Morgan fingerprint density at radius 1 is 1.33 bits per heavy atom. The summed E-state index contributed by atoms with van der Waals surface area (Å²) in [5, 5.41) is 0.713. The minimum atomic E-state index is -0.466. The molecule has 0 fully saturated rings. The fraction of sp³-hybridized carbons (Fsp3) is 0.357. The number of benzene rings is 1. The normalized spacial score (nSPS) is 12.9. The average molecular weight is 248 g/mol. The van der Waals surface area contributed by atoms with E-state index in [-0.39, 0.29) is 11.9 Å². The van der Waals surface area contributed by atoms with Gasteiger partial charge >= 0.3 is 0 Å². The van der Waals surface area contributed by atoms with Crippen LogP contribution in [0.4, 0.5) is 10.1 Å². The van der Waals surface area contributed by atoms with Crippen molar-refractivity contribution >= 4 is 16.6 Å². The summed E-state index contributed by atoms with van der Waals surface area (Å²) in [5.74, 6) is 0.00733. The van der Waals surface area contributed by atoms with E-state index in [9.17, 15) is 4.39 Å². The number of nitrogens with zero attached hydrogens (tertiary/aromatic N) is 1. The average Bonchev–Trinajstić information content (AvgIpc) is 2.34. The van der Waals surface area contributed by atoms with Crippen LogP contribution in [0, 0.1) is 11.7 Å². The van der Waals surface area contributed by atoms with Crippen molar-refractivity contribution in [3.05, 3.63) is 30.2 Å². The van der Waals surface area contributed by atoms with Gasteiger partial charge in [0.05, 0.1) is 6.10 Å². The van der Waals surface area contributed by atoms with Crippen LogP contribution in [-0.2, 0) is 0 Å². The number of rotatable bonds is 3. The van der Waals surface area contributed by atoms with Crippen LogP contribution in [0.15, 0.2) is 24.4 Å². The third kappa shape index (κ3) is 2.23. The van der Waals surface area contributed by atoms with Gasteiger partial charge in [-0.2, -0.15) is 0 Å². The molecule has 1 heterocycles. The summed E-state index contributed by atoms with van der Waals surface area (Å²) in [5.41, 5.74) is 6.63. The lowest BCUT2D eigenvalue weighted by atomic mass is 10.1. The number of pyridine rings is 1.